The quantitative estimate of drug-likeness (QED) is 0.731. The van der Waals surface area contributed by atoms with Crippen molar-refractivity contribution in [2.24, 2.45) is 0 Å². The summed E-state index contributed by atoms with van der Waals surface area (Å²) in [4.78, 5) is 0. The summed E-state index contributed by atoms with van der Waals surface area (Å²) in [7, 11) is 0. The summed E-state index contributed by atoms with van der Waals surface area (Å²) < 4.78 is 0. The summed E-state index contributed by atoms with van der Waals surface area (Å²) >= 11 is 0. The standard InChI is InChI=1S/2C9H3N3/c2*10-4-7-1-8(5-11)3-9(2-7)6-12/h2*1-3H. The zero-order valence-electron chi connectivity index (χ0n) is 12.1. The molecule has 0 N–H and O–H groups in total. The lowest BCUT2D eigenvalue weighted by Crippen LogP contribution is -1.82. The average Bonchev–Trinajstić information content (AvgIpc) is 2.67. The highest BCUT2D eigenvalue weighted by atomic mass is 14.3. The Labute approximate surface area is 138 Å². The molecule has 0 saturated carbocycles. The molecule has 0 amide bonds. The highest BCUT2D eigenvalue weighted by molar-refractivity contribution is 5.47. The van der Waals surface area contributed by atoms with Crippen LogP contribution in [0.3, 0.4) is 0 Å². The second kappa shape index (κ2) is 8.62. The van der Waals surface area contributed by atoms with Gasteiger partial charge in [0, 0.05) is 0 Å². The Morgan fingerprint density at radius 2 is 0.458 bits per heavy atom. The van der Waals surface area contributed by atoms with Gasteiger partial charge in [-0.1, -0.05) is 0 Å². The molecule has 0 aliphatic rings. The van der Waals surface area contributed by atoms with E-state index >= 15 is 0 Å². The van der Waals surface area contributed by atoms with Gasteiger partial charge in [0.05, 0.1) is 69.8 Å². The highest BCUT2D eigenvalue weighted by Gasteiger charge is 1.99. The normalized spacial score (nSPS) is 7.75. The first kappa shape index (κ1) is 17.4. The fraction of sp³-hybridized carbons (Fsp3) is 0. The van der Waals surface area contributed by atoms with Crippen molar-refractivity contribution in [3.8, 4) is 36.4 Å². The van der Waals surface area contributed by atoms with Gasteiger partial charge >= 0.3 is 0 Å². The SMILES string of the molecule is N#Cc1cc(C#N)cc(C#N)c1.N#Cc1cc(C#N)cc(C#N)c1. The van der Waals surface area contributed by atoms with Crippen molar-refractivity contribution < 1.29 is 0 Å². The van der Waals surface area contributed by atoms with Crippen LogP contribution in [-0.2, 0) is 0 Å². The van der Waals surface area contributed by atoms with Gasteiger partial charge < -0.3 is 0 Å². The molecule has 0 fully saturated rings. The van der Waals surface area contributed by atoms with Crippen LogP contribution in [0.15, 0.2) is 36.4 Å². The number of hydrogen-bond acceptors (Lipinski definition) is 6. The fourth-order valence-electron chi connectivity index (χ4n) is 1.64. The van der Waals surface area contributed by atoms with Crippen molar-refractivity contribution >= 4 is 0 Å². The van der Waals surface area contributed by atoms with E-state index in [0.717, 1.165) is 0 Å². The van der Waals surface area contributed by atoms with Gasteiger partial charge in [0.1, 0.15) is 0 Å². The monoisotopic (exact) mass is 306 g/mol. The molecule has 0 aromatic heterocycles. The minimum Gasteiger partial charge on any atom is -0.192 e. The predicted molar refractivity (Wildman–Crippen MR) is 81.2 cm³/mol. The molecule has 0 heterocycles. The third-order valence-corrected chi connectivity index (χ3v) is 2.64. The van der Waals surface area contributed by atoms with E-state index in [9.17, 15) is 0 Å². The predicted octanol–water partition coefficient (Wildman–Crippen LogP) is 2.60. The molecule has 0 atom stereocenters. The van der Waals surface area contributed by atoms with Crippen LogP contribution in [0, 0.1) is 68.0 Å². The Hall–Kier alpha value is -4.62. The van der Waals surface area contributed by atoms with Crippen molar-refractivity contribution in [1.29, 1.82) is 31.6 Å². The number of benzene rings is 2. The van der Waals surface area contributed by atoms with Crippen LogP contribution in [-0.4, -0.2) is 0 Å². The molecule has 108 valence electrons. The Kier molecular flexibility index (Phi) is 6.26. The first-order chi connectivity index (χ1) is 11.6. The first-order valence-corrected chi connectivity index (χ1v) is 6.31. The van der Waals surface area contributed by atoms with Gasteiger partial charge in [-0.15, -0.1) is 0 Å². The summed E-state index contributed by atoms with van der Waals surface area (Å²) in [5.41, 5.74) is 2.03. The molecule has 2 aromatic rings. The molecule has 6 nitrogen and oxygen atoms in total. The molecule has 24 heavy (non-hydrogen) atoms. The largest absolute Gasteiger partial charge is 0.192 e. The van der Waals surface area contributed by atoms with Crippen molar-refractivity contribution in [3.63, 3.8) is 0 Å². The van der Waals surface area contributed by atoms with E-state index in [2.05, 4.69) is 0 Å². The van der Waals surface area contributed by atoms with E-state index in [1.165, 1.54) is 36.4 Å². The lowest BCUT2D eigenvalue weighted by atomic mass is 10.1. The van der Waals surface area contributed by atoms with Crippen LogP contribution < -0.4 is 0 Å². The van der Waals surface area contributed by atoms with Crippen molar-refractivity contribution in [1.82, 2.24) is 0 Å². The Bertz CT molecular complexity index is 781. The lowest BCUT2D eigenvalue weighted by Gasteiger charge is -1.91. The third-order valence-electron chi connectivity index (χ3n) is 2.64. The maximum atomic E-state index is 8.51. The maximum absolute atomic E-state index is 8.51. The lowest BCUT2D eigenvalue weighted by molar-refractivity contribution is 1.42. The summed E-state index contributed by atoms with van der Waals surface area (Å²) in [5.74, 6) is 0. The van der Waals surface area contributed by atoms with E-state index in [-0.39, 0.29) is 0 Å². The van der Waals surface area contributed by atoms with Crippen molar-refractivity contribution in [2.75, 3.05) is 0 Å². The van der Waals surface area contributed by atoms with E-state index in [1.54, 1.807) is 0 Å². The number of nitriles is 6. The topological polar surface area (TPSA) is 143 Å². The summed E-state index contributed by atoms with van der Waals surface area (Å²) in [5, 5.41) is 51.1. The summed E-state index contributed by atoms with van der Waals surface area (Å²) in [6.45, 7) is 0. The number of hydrogen-bond donors (Lipinski definition) is 0. The molecule has 0 radical (unpaired) electrons. The molecule has 2 rings (SSSR count). The molecular formula is C18H6N6. The Morgan fingerprint density at radius 1 is 0.333 bits per heavy atom. The van der Waals surface area contributed by atoms with Gasteiger partial charge in [0.25, 0.3) is 0 Å². The number of nitrogens with zero attached hydrogens (tertiary/aromatic N) is 6. The second-order valence-electron chi connectivity index (χ2n) is 4.27. The van der Waals surface area contributed by atoms with Gasteiger partial charge in [0.15, 0.2) is 0 Å². The van der Waals surface area contributed by atoms with Crippen molar-refractivity contribution in [2.45, 2.75) is 0 Å². The molecular weight excluding hydrogens is 300 g/mol. The van der Waals surface area contributed by atoms with Gasteiger partial charge in [-0.05, 0) is 36.4 Å². The maximum Gasteiger partial charge on any atom is 0.0992 e. The van der Waals surface area contributed by atoms with Crippen LogP contribution in [0.1, 0.15) is 33.4 Å². The summed E-state index contributed by atoms with van der Waals surface area (Å²) in [6, 6.07) is 19.9. The van der Waals surface area contributed by atoms with Gasteiger partial charge in [-0.25, -0.2) is 0 Å². The zero-order chi connectivity index (χ0) is 17.9. The van der Waals surface area contributed by atoms with Crippen LogP contribution in [0.4, 0.5) is 0 Å². The van der Waals surface area contributed by atoms with Gasteiger partial charge in [-0.2, -0.15) is 31.6 Å². The molecule has 0 aliphatic carbocycles. The highest BCUT2D eigenvalue weighted by Crippen LogP contribution is 2.08. The number of rotatable bonds is 0. The molecule has 2 aromatic carbocycles. The van der Waals surface area contributed by atoms with Gasteiger partial charge in [-0.3, -0.25) is 0 Å². The van der Waals surface area contributed by atoms with E-state index < -0.39 is 0 Å². The first-order valence-electron chi connectivity index (χ1n) is 6.31. The van der Waals surface area contributed by atoms with Gasteiger partial charge in [0.2, 0.25) is 0 Å². The van der Waals surface area contributed by atoms with Crippen LogP contribution in [0.5, 0.6) is 0 Å². The molecule has 0 spiro atoms. The fourth-order valence-corrected chi connectivity index (χ4v) is 1.64. The van der Waals surface area contributed by atoms with Crippen molar-refractivity contribution in [3.05, 3.63) is 69.8 Å². The smallest absolute Gasteiger partial charge is 0.0992 e. The van der Waals surface area contributed by atoms with E-state index in [0.29, 0.717) is 33.4 Å². The Morgan fingerprint density at radius 3 is 0.542 bits per heavy atom. The minimum atomic E-state index is 0.339. The average molecular weight is 306 g/mol. The third kappa shape index (κ3) is 4.74. The molecule has 0 bridgehead atoms. The molecule has 0 aliphatic heterocycles. The summed E-state index contributed by atoms with van der Waals surface area (Å²) in [6.07, 6.45) is 0. The van der Waals surface area contributed by atoms with E-state index in [4.69, 9.17) is 31.6 Å². The van der Waals surface area contributed by atoms with Crippen LogP contribution >= 0.6 is 0 Å². The molecule has 6 heteroatoms. The van der Waals surface area contributed by atoms with Crippen LogP contribution in [0.25, 0.3) is 0 Å². The minimum absolute atomic E-state index is 0.339. The molecule has 0 saturated heterocycles. The molecule has 0 unspecified atom stereocenters. The van der Waals surface area contributed by atoms with E-state index in [1.807, 2.05) is 36.4 Å². The van der Waals surface area contributed by atoms with Crippen LogP contribution in [0.2, 0.25) is 0 Å². The Balaban J connectivity index is 0.000000240. The second-order valence-corrected chi connectivity index (χ2v) is 4.27. The zero-order valence-corrected chi connectivity index (χ0v) is 12.1.